The summed E-state index contributed by atoms with van der Waals surface area (Å²) in [6, 6.07) is 3.82. The zero-order valence-electron chi connectivity index (χ0n) is 15.9. The Morgan fingerprint density at radius 3 is 2.16 bits per heavy atom. The highest BCUT2D eigenvalue weighted by Gasteiger charge is 2.47. The van der Waals surface area contributed by atoms with Gasteiger partial charge in [0.2, 0.25) is 0 Å². The molecule has 25 heavy (non-hydrogen) atoms. The third-order valence-electron chi connectivity index (χ3n) is 5.22. The van der Waals surface area contributed by atoms with E-state index in [1.165, 1.54) is 0 Å². The summed E-state index contributed by atoms with van der Waals surface area (Å²) in [5.41, 5.74) is 2.27. The Hall–Kier alpha value is -1.41. The Morgan fingerprint density at radius 1 is 1.16 bits per heavy atom. The van der Waals surface area contributed by atoms with E-state index in [-0.39, 0.29) is 11.6 Å². The maximum Gasteiger partial charge on any atom is 0.321 e. The molecule has 1 aromatic carbocycles. The van der Waals surface area contributed by atoms with E-state index < -0.39 is 18.9 Å². The lowest BCUT2D eigenvalue weighted by molar-refractivity contribution is -0.138. The molecule has 0 saturated heterocycles. The van der Waals surface area contributed by atoms with E-state index in [0.717, 1.165) is 29.5 Å². The predicted octanol–water partition coefficient (Wildman–Crippen LogP) is 5.56. The Kier molecular flexibility index (Phi) is 6.26. The molecule has 1 saturated carbocycles. The SMILES string of the molecule is CCC(C)C(=O)OP(=O)(C(=O)c1c(C)cc(C)cc1C)C1CCCC1. The van der Waals surface area contributed by atoms with Crippen LogP contribution in [0.25, 0.3) is 0 Å². The number of carbonyl (C=O) groups is 2. The van der Waals surface area contributed by atoms with E-state index in [9.17, 15) is 14.2 Å². The topological polar surface area (TPSA) is 60.4 Å². The lowest BCUT2D eigenvalue weighted by Crippen LogP contribution is -2.22. The molecule has 0 aliphatic heterocycles. The molecule has 1 aromatic rings. The standard InChI is InChI=1S/C20H29O4P/c1-6-14(3)19(21)24-25(23,17-9-7-8-10-17)20(22)18-15(4)11-13(2)12-16(18)5/h11-12,14,17H,6-10H2,1-5H3. The number of hydrogen-bond acceptors (Lipinski definition) is 4. The molecule has 0 N–H and O–H groups in total. The lowest BCUT2D eigenvalue weighted by Gasteiger charge is -2.25. The van der Waals surface area contributed by atoms with E-state index in [0.29, 0.717) is 24.8 Å². The van der Waals surface area contributed by atoms with Crippen LogP contribution in [0, 0.1) is 26.7 Å². The second-order valence-corrected chi connectivity index (χ2v) is 9.85. The van der Waals surface area contributed by atoms with Crippen molar-refractivity contribution < 1.29 is 18.7 Å². The van der Waals surface area contributed by atoms with Crippen molar-refractivity contribution in [2.75, 3.05) is 0 Å². The Balaban J connectivity index is 2.47. The van der Waals surface area contributed by atoms with Crippen molar-refractivity contribution in [2.45, 2.75) is 72.4 Å². The third kappa shape index (κ3) is 4.06. The van der Waals surface area contributed by atoms with Crippen LogP contribution < -0.4 is 0 Å². The van der Waals surface area contributed by atoms with Crippen molar-refractivity contribution in [3.63, 3.8) is 0 Å². The van der Waals surface area contributed by atoms with Gasteiger partial charge in [-0.25, -0.2) is 0 Å². The van der Waals surface area contributed by atoms with Crippen LogP contribution in [0.3, 0.4) is 0 Å². The van der Waals surface area contributed by atoms with Gasteiger partial charge < -0.3 is 4.52 Å². The fourth-order valence-electron chi connectivity index (χ4n) is 3.59. The molecule has 1 fully saturated rings. The molecule has 1 aliphatic rings. The van der Waals surface area contributed by atoms with Crippen molar-refractivity contribution in [1.29, 1.82) is 0 Å². The number of benzene rings is 1. The van der Waals surface area contributed by atoms with Crippen LogP contribution in [0.4, 0.5) is 0 Å². The smallest absolute Gasteiger partial charge is 0.321 e. The van der Waals surface area contributed by atoms with Gasteiger partial charge in [-0.05, 0) is 51.2 Å². The highest BCUT2D eigenvalue weighted by atomic mass is 31.2. The highest BCUT2D eigenvalue weighted by Crippen LogP contribution is 2.60. The first kappa shape index (κ1) is 19.9. The molecule has 2 atom stereocenters. The van der Waals surface area contributed by atoms with Gasteiger partial charge in [0.15, 0.2) is 0 Å². The van der Waals surface area contributed by atoms with Crippen LogP contribution in [-0.4, -0.2) is 17.2 Å². The largest absolute Gasteiger partial charge is 0.405 e. The molecular formula is C20H29O4P. The minimum absolute atomic E-state index is 0.340. The monoisotopic (exact) mass is 364 g/mol. The molecule has 0 amide bonds. The van der Waals surface area contributed by atoms with Crippen LogP contribution in [-0.2, 0) is 13.9 Å². The summed E-state index contributed by atoms with van der Waals surface area (Å²) in [4.78, 5) is 25.7. The van der Waals surface area contributed by atoms with Gasteiger partial charge in [-0.3, -0.25) is 14.2 Å². The molecular weight excluding hydrogens is 335 g/mol. The average Bonchev–Trinajstić information content (AvgIpc) is 3.07. The minimum atomic E-state index is -3.76. The second-order valence-electron chi connectivity index (χ2n) is 7.33. The van der Waals surface area contributed by atoms with E-state index in [1.807, 2.05) is 39.8 Å². The molecule has 0 bridgehead atoms. The Labute approximate surface area is 150 Å². The molecule has 0 aromatic heterocycles. The minimum Gasteiger partial charge on any atom is -0.405 e. The maximum absolute atomic E-state index is 13.7. The van der Waals surface area contributed by atoms with Crippen molar-refractivity contribution in [3.8, 4) is 0 Å². The summed E-state index contributed by atoms with van der Waals surface area (Å²) in [6.07, 6.45) is 3.81. The summed E-state index contributed by atoms with van der Waals surface area (Å²) in [5.74, 6) is -0.878. The summed E-state index contributed by atoms with van der Waals surface area (Å²) in [5, 5.41) is 0. The van der Waals surface area contributed by atoms with Crippen molar-refractivity contribution >= 4 is 18.9 Å². The lowest BCUT2D eigenvalue weighted by atomic mass is 10.0. The van der Waals surface area contributed by atoms with Gasteiger partial charge in [-0.2, -0.15) is 0 Å². The van der Waals surface area contributed by atoms with Crippen LogP contribution in [0.15, 0.2) is 12.1 Å². The van der Waals surface area contributed by atoms with Crippen LogP contribution in [0.1, 0.15) is 73.0 Å². The van der Waals surface area contributed by atoms with Gasteiger partial charge >= 0.3 is 13.3 Å². The van der Waals surface area contributed by atoms with E-state index >= 15 is 0 Å². The normalized spacial score (nSPS) is 18.6. The fourth-order valence-corrected chi connectivity index (χ4v) is 6.31. The number of hydrogen-bond donors (Lipinski definition) is 0. The first-order valence-electron chi connectivity index (χ1n) is 9.16. The van der Waals surface area contributed by atoms with Crippen molar-refractivity contribution in [3.05, 3.63) is 34.4 Å². The molecule has 138 valence electrons. The molecule has 0 radical (unpaired) electrons. The number of carbonyl (C=O) groups excluding carboxylic acids is 2. The first-order valence-corrected chi connectivity index (χ1v) is 10.9. The van der Waals surface area contributed by atoms with Gasteiger partial charge in [-0.15, -0.1) is 0 Å². The van der Waals surface area contributed by atoms with Crippen LogP contribution in [0.2, 0.25) is 0 Å². The molecule has 2 unspecified atom stereocenters. The summed E-state index contributed by atoms with van der Waals surface area (Å²) >= 11 is 0. The summed E-state index contributed by atoms with van der Waals surface area (Å²) < 4.78 is 19.2. The molecule has 0 spiro atoms. The molecule has 2 rings (SSSR count). The zero-order valence-corrected chi connectivity index (χ0v) is 16.8. The van der Waals surface area contributed by atoms with Gasteiger partial charge in [0.25, 0.3) is 5.52 Å². The van der Waals surface area contributed by atoms with E-state index in [4.69, 9.17) is 4.52 Å². The molecule has 0 heterocycles. The quantitative estimate of drug-likeness (QED) is 0.620. The summed E-state index contributed by atoms with van der Waals surface area (Å²) in [7, 11) is -3.76. The van der Waals surface area contributed by atoms with E-state index in [2.05, 4.69) is 0 Å². The number of aryl methyl sites for hydroxylation is 3. The summed E-state index contributed by atoms with van der Waals surface area (Å²) in [6.45, 7) is 9.29. The second kappa shape index (κ2) is 7.86. The maximum atomic E-state index is 13.7. The highest BCUT2D eigenvalue weighted by molar-refractivity contribution is 7.78. The Morgan fingerprint density at radius 2 is 1.68 bits per heavy atom. The van der Waals surface area contributed by atoms with Crippen molar-refractivity contribution in [2.24, 2.45) is 5.92 Å². The molecule has 1 aliphatic carbocycles. The van der Waals surface area contributed by atoms with Gasteiger partial charge in [0, 0.05) is 5.56 Å². The molecule has 5 heteroatoms. The van der Waals surface area contributed by atoms with Gasteiger partial charge in [-0.1, -0.05) is 44.4 Å². The van der Waals surface area contributed by atoms with Crippen molar-refractivity contribution in [1.82, 2.24) is 0 Å². The van der Waals surface area contributed by atoms with Gasteiger partial charge in [0.05, 0.1) is 11.6 Å². The third-order valence-corrected chi connectivity index (χ3v) is 7.94. The zero-order chi connectivity index (χ0) is 18.8. The van der Waals surface area contributed by atoms with Gasteiger partial charge in [0.1, 0.15) is 0 Å². The average molecular weight is 364 g/mol. The van der Waals surface area contributed by atoms with E-state index in [1.54, 1.807) is 6.92 Å². The van der Waals surface area contributed by atoms with Crippen LogP contribution in [0.5, 0.6) is 0 Å². The fraction of sp³-hybridized carbons (Fsp3) is 0.600. The van der Waals surface area contributed by atoms with Crippen LogP contribution >= 0.6 is 7.37 Å². The molecule has 4 nitrogen and oxygen atoms in total. The predicted molar refractivity (Wildman–Crippen MR) is 100 cm³/mol. The Bertz CT molecular complexity index is 693. The number of rotatable bonds is 6. The first-order chi connectivity index (χ1) is 11.7.